The van der Waals surface area contributed by atoms with E-state index in [0.29, 0.717) is 28.5 Å². The van der Waals surface area contributed by atoms with Crippen molar-refractivity contribution in [3.63, 3.8) is 0 Å². The summed E-state index contributed by atoms with van der Waals surface area (Å²) in [6.07, 6.45) is 0. The number of hydrogen-bond donors (Lipinski definition) is 2. The summed E-state index contributed by atoms with van der Waals surface area (Å²) >= 11 is 0. The number of nitrogens with one attached hydrogen (secondary N) is 2. The van der Waals surface area contributed by atoms with Crippen molar-refractivity contribution < 1.29 is 14.3 Å². The number of anilines is 3. The van der Waals surface area contributed by atoms with Gasteiger partial charge in [0.2, 0.25) is 0 Å². The minimum absolute atomic E-state index is 0.0203. The van der Waals surface area contributed by atoms with Crippen LogP contribution in [0.25, 0.3) is 0 Å². The fourth-order valence-corrected chi connectivity index (χ4v) is 2.42. The van der Waals surface area contributed by atoms with Gasteiger partial charge >= 0.3 is 0 Å². The number of amides is 1. The lowest BCUT2D eigenvalue weighted by atomic mass is 10.1. The van der Waals surface area contributed by atoms with Gasteiger partial charge in [0.1, 0.15) is 5.75 Å². The first-order valence-corrected chi connectivity index (χ1v) is 8.23. The molecule has 0 aliphatic rings. The third-order valence-corrected chi connectivity index (χ3v) is 3.79. The average molecular weight is 362 g/mol. The second kappa shape index (κ2) is 8.09. The molecule has 0 radical (unpaired) electrons. The molecule has 136 valence electrons. The lowest BCUT2D eigenvalue weighted by molar-refractivity contribution is 0.101. The molecule has 1 amide bonds. The Morgan fingerprint density at radius 2 is 1.78 bits per heavy atom. The third kappa shape index (κ3) is 4.46. The van der Waals surface area contributed by atoms with E-state index in [1.165, 1.54) is 14.0 Å². The van der Waals surface area contributed by atoms with Crippen LogP contribution in [0.1, 0.15) is 27.8 Å². The predicted octanol–water partition coefficient (Wildman–Crippen LogP) is 3.68. The van der Waals surface area contributed by atoms with Gasteiger partial charge in [-0.15, -0.1) is 10.2 Å². The predicted molar refractivity (Wildman–Crippen MR) is 103 cm³/mol. The Bertz CT molecular complexity index is 971. The number of aromatic nitrogens is 2. The van der Waals surface area contributed by atoms with Gasteiger partial charge in [0.15, 0.2) is 17.3 Å². The molecule has 2 aromatic carbocycles. The molecule has 27 heavy (non-hydrogen) atoms. The number of ketones is 1. The normalized spacial score (nSPS) is 10.1. The van der Waals surface area contributed by atoms with E-state index in [9.17, 15) is 9.59 Å². The molecule has 0 spiro atoms. The maximum atomic E-state index is 12.3. The third-order valence-electron chi connectivity index (χ3n) is 3.79. The molecule has 1 heterocycles. The van der Waals surface area contributed by atoms with Gasteiger partial charge in [-0.05, 0) is 43.3 Å². The van der Waals surface area contributed by atoms with E-state index in [0.717, 1.165) is 0 Å². The first kappa shape index (κ1) is 18.1. The zero-order chi connectivity index (χ0) is 19.2. The van der Waals surface area contributed by atoms with Crippen molar-refractivity contribution in [2.75, 3.05) is 17.7 Å². The van der Waals surface area contributed by atoms with Gasteiger partial charge in [0.05, 0.1) is 12.8 Å². The molecular weight excluding hydrogens is 344 g/mol. The maximum absolute atomic E-state index is 12.3. The standard InChI is InChI=1S/C20H18N4O3/c1-13(25)14-6-5-7-15(12-14)21-19-11-10-17(23-24-19)20(26)22-16-8-3-4-9-18(16)27-2/h3-12H,1-2H3,(H,21,24)(H,22,26). The number of rotatable bonds is 6. The number of para-hydroxylation sites is 2. The summed E-state index contributed by atoms with van der Waals surface area (Å²) in [4.78, 5) is 23.8. The van der Waals surface area contributed by atoms with Gasteiger partial charge in [0, 0.05) is 11.3 Å². The Morgan fingerprint density at radius 3 is 2.48 bits per heavy atom. The van der Waals surface area contributed by atoms with Crippen LogP contribution >= 0.6 is 0 Å². The van der Waals surface area contributed by atoms with Gasteiger partial charge in [-0.2, -0.15) is 0 Å². The van der Waals surface area contributed by atoms with Crippen LogP contribution in [0, 0.1) is 0 Å². The summed E-state index contributed by atoms with van der Waals surface area (Å²) in [7, 11) is 1.53. The average Bonchev–Trinajstić information content (AvgIpc) is 2.69. The molecule has 7 heteroatoms. The fraction of sp³-hybridized carbons (Fsp3) is 0.100. The number of benzene rings is 2. The van der Waals surface area contributed by atoms with Crippen LogP contribution in [0.5, 0.6) is 5.75 Å². The second-order valence-electron chi connectivity index (χ2n) is 5.72. The van der Waals surface area contributed by atoms with Gasteiger partial charge in [-0.1, -0.05) is 24.3 Å². The van der Waals surface area contributed by atoms with E-state index in [1.54, 1.807) is 48.5 Å². The smallest absolute Gasteiger partial charge is 0.276 e. The monoisotopic (exact) mass is 362 g/mol. The van der Waals surface area contributed by atoms with Crippen molar-refractivity contribution in [3.05, 3.63) is 71.9 Å². The number of methoxy groups -OCH3 is 1. The molecule has 3 rings (SSSR count). The summed E-state index contributed by atoms with van der Waals surface area (Å²) in [5.74, 6) is 0.609. The summed E-state index contributed by atoms with van der Waals surface area (Å²) in [5, 5.41) is 13.8. The Morgan fingerprint density at radius 1 is 0.963 bits per heavy atom. The first-order chi connectivity index (χ1) is 13.1. The van der Waals surface area contributed by atoms with Gasteiger partial charge in [-0.25, -0.2) is 0 Å². The molecule has 0 unspecified atom stereocenters. The molecule has 0 saturated heterocycles. The van der Waals surface area contributed by atoms with E-state index in [2.05, 4.69) is 20.8 Å². The Kier molecular flexibility index (Phi) is 5.41. The van der Waals surface area contributed by atoms with E-state index >= 15 is 0 Å². The van der Waals surface area contributed by atoms with Crippen LogP contribution < -0.4 is 15.4 Å². The molecule has 0 bridgehead atoms. The number of Topliss-reactive ketones (excluding diaryl/α,β-unsaturated/α-hetero) is 1. The number of nitrogens with zero attached hydrogens (tertiary/aromatic N) is 2. The maximum Gasteiger partial charge on any atom is 0.276 e. The van der Waals surface area contributed by atoms with Gasteiger partial charge in [0.25, 0.3) is 5.91 Å². The molecule has 2 N–H and O–H groups in total. The summed E-state index contributed by atoms with van der Waals surface area (Å²) in [6.45, 7) is 1.51. The molecule has 0 saturated carbocycles. The van der Waals surface area contributed by atoms with Crippen LogP contribution in [-0.4, -0.2) is 29.0 Å². The molecule has 3 aromatic rings. The van der Waals surface area contributed by atoms with Crippen LogP contribution in [-0.2, 0) is 0 Å². The van der Waals surface area contributed by atoms with Crippen molar-refractivity contribution in [1.29, 1.82) is 0 Å². The molecule has 7 nitrogen and oxygen atoms in total. The molecule has 0 aliphatic carbocycles. The Labute approximate surface area is 156 Å². The number of hydrogen-bond acceptors (Lipinski definition) is 6. The largest absolute Gasteiger partial charge is 0.495 e. The second-order valence-corrected chi connectivity index (χ2v) is 5.72. The molecule has 0 atom stereocenters. The van der Waals surface area contributed by atoms with E-state index in [-0.39, 0.29) is 11.5 Å². The number of carbonyl (C=O) groups is 2. The van der Waals surface area contributed by atoms with Crippen LogP contribution in [0.2, 0.25) is 0 Å². The summed E-state index contributed by atoms with van der Waals surface area (Å²) < 4.78 is 5.21. The van der Waals surface area contributed by atoms with Crippen molar-refractivity contribution in [3.8, 4) is 5.75 Å². The van der Waals surface area contributed by atoms with Crippen molar-refractivity contribution in [2.24, 2.45) is 0 Å². The Hall–Kier alpha value is -3.74. The van der Waals surface area contributed by atoms with Crippen molar-refractivity contribution in [2.45, 2.75) is 6.92 Å². The minimum Gasteiger partial charge on any atom is -0.495 e. The number of carbonyl (C=O) groups excluding carboxylic acids is 2. The van der Waals surface area contributed by atoms with Crippen molar-refractivity contribution >= 4 is 28.9 Å². The highest BCUT2D eigenvalue weighted by Crippen LogP contribution is 2.23. The highest BCUT2D eigenvalue weighted by molar-refractivity contribution is 6.03. The zero-order valence-electron chi connectivity index (χ0n) is 14.9. The highest BCUT2D eigenvalue weighted by atomic mass is 16.5. The van der Waals surface area contributed by atoms with E-state index < -0.39 is 5.91 Å². The molecule has 0 fully saturated rings. The SMILES string of the molecule is COc1ccccc1NC(=O)c1ccc(Nc2cccc(C(C)=O)c2)nn1. The minimum atomic E-state index is -0.392. The van der Waals surface area contributed by atoms with E-state index in [4.69, 9.17) is 4.74 Å². The van der Waals surface area contributed by atoms with Crippen LogP contribution in [0.15, 0.2) is 60.7 Å². The molecule has 1 aromatic heterocycles. The quantitative estimate of drug-likeness (QED) is 0.650. The lowest BCUT2D eigenvalue weighted by Gasteiger charge is -2.10. The van der Waals surface area contributed by atoms with Gasteiger partial charge < -0.3 is 15.4 Å². The van der Waals surface area contributed by atoms with E-state index in [1.807, 2.05) is 12.1 Å². The lowest BCUT2D eigenvalue weighted by Crippen LogP contribution is -2.15. The Balaban J connectivity index is 1.70. The fourth-order valence-electron chi connectivity index (χ4n) is 2.42. The zero-order valence-corrected chi connectivity index (χ0v) is 14.9. The highest BCUT2D eigenvalue weighted by Gasteiger charge is 2.11. The summed E-state index contributed by atoms with van der Waals surface area (Å²) in [6, 6.07) is 17.4. The summed E-state index contributed by atoms with van der Waals surface area (Å²) in [5.41, 5.74) is 2.03. The van der Waals surface area contributed by atoms with Crippen LogP contribution in [0.3, 0.4) is 0 Å². The van der Waals surface area contributed by atoms with Crippen molar-refractivity contribution in [1.82, 2.24) is 10.2 Å². The molecular formula is C20H18N4O3. The van der Waals surface area contributed by atoms with Crippen LogP contribution in [0.4, 0.5) is 17.2 Å². The number of ether oxygens (including phenoxy) is 1. The topological polar surface area (TPSA) is 93.2 Å². The van der Waals surface area contributed by atoms with Gasteiger partial charge in [-0.3, -0.25) is 9.59 Å². The molecule has 0 aliphatic heterocycles. The first-order valence-electron chi connectivity index (χ1n) is 8.23.